The number of aliphatic hydroxyl groups is 1. The van der Waals surface area contributed by atoms with Gasteiger partial charge in [0.2, 0.25) is 5.13 Å². The van der Waals surface area contributed by atoms with Gasteiger partial charge in [-0.1, -0.05) is 25.7 Å². The Hall–Kier alpha value is -0.680. The fourth-order valence-electron chi connectivity index (χ4n) is 2.05. The van der Waals surface area contributed by atoms with E-state index in [-0.39, 0.29) is 0 Å². The predicted molar refractivity (Wildman–Crippen MR) is 61.1 cm³/mol. The van der Waals surface area contributed by atoms with Crippen LogP contribution in [0.25, 0.3) is 0 Å². The lowest BCUT2D eigenvalue weighted by molar-refractivity contribution is 0.0381. The van der Waals surface area contributed by atoms with E-state index in [4.69, 9.17) is 0 Å². The zero-order valence-electron chi connectivity index (χ0n) is 8.78. The highest BCUT2D eigenvalue weighted by Gasteiger charge is 2.27. The summed E-state index contributed by atoms with van der Waals surface area (Å²) in [7, 11) is 0. The van der Waals surface area contributed by atoms with Gasteiger partial charge in [0, 0.05) is 18.1 Å². The van der Waals surface area contributed by atoms with Crippen LogP contribution in [0.1, 0.15) is 38.5 Å². The van der Waals surface area contributed by atoms with Crippen LogP contribution < -0.4 is 5.32 Å². The number of rotatable bonds is 3. The van der Waals surface area contributed by atoms with E-state index in [0.29, 0.717) is 6.54 Å². The minimum Gasteiger partial charge on any atom is -0.388 e. The second-order valence-corrected chi connectivity index (χ2v) is 5.02. The molecule has 4 nitrogen and oxygen atoms in total. The van der Waals surface area contributed by atoms with Gasteiger partial charge in [0.05, 0.1) is 5.60 Å². The number of nitrogens with zero attached hydrogens (tertiary/aromatic N) is 2. The van der Waals surface area contributed by atoms with Gasteiger partial charge >= 0.3 is 0 Å². The molecule has 2 rings (SSSR count). The Kier molecular flexibility index (Phi) is 3.53. The quantitative estimate of drug-likeness (QED) is 0.776. The lowest BCUT2D eigenvalue weighted by atomic mass is 9.95. The average Bonchev–Trinajstić information content (AvgIpc) is 2.65. The number of nitrogens with one attached hydrogen (secondary N) is 1. The molecule has 0 saturated heterocycles. The summed E-state index contributed by atoms with van der Waals surface area (Å²) < 4.78 is 3.91. The highest BCUT2D eigenvalue weighted by atomic mass is 32.1. The summed E-state index contributed by atoms with van der Waals surface area (Å²) in [5, 5.41) is 14.3. The molecule has 0 radical (unpaired) electrons. The monoisotopic (exact) mass is 227 g/mol. The van der Waals surface area contributed by atoms with Crippen molar-refractivity contribution in [2.45, 2.75) is 44.1 Å². The number of anilines is 1. The van der Waals surface area contributed by atoms with Crippen molar-refractivity contribution in [3.05, 3.63) is 6.33 Å². The minimum absolute atomic E-state index is 0.540. The van der Waals surface area contributed by atoms with Crippen molar-refractivity contribution in [2.24, 2.45) is 0 Å². The topological polar surface area (TPSA) is 58.0 Å². The molecule has 5 heteroatoms. The van der Waals surface area contributed by atoms with E-state index in [9.17, 15) is 5.11 Å². The first-order valence-electron chi connectivity index (χ1n) is 5.51. The van der Waals surface area contributed by atoms with Gasteiger partial charge in [-0.25, -0.2) is 4.98 Å². The largest absolute Gasteiger partial charge is 0.388 e. The molecule has 0 aromatic carbocycles. The van der Waals surface area contributed by atoms with Crippen LogP contribution in [0.3, 0.4) is 0 Å². The van der Waals surface area contributed by atoms with Crippen LogP contribution >= 0.6 is 11.5 Å². The maximum Gasteiger partial charge on any atom is 0.202 e. The van der Waals surface area contributed by atoms with Crippen LogP contribution in [0.2, 0.25) is 0 Å². The third-order valence-corrected chi connectivity index (χ3v) is 3.59. The summed E-state index contributed by atoms with van der Waals surface area (Å²) in [5.74, 6) is 0. The van der Waals surface area contributed by atoms with Crippen LogP contribution in [0.4, 0.5) is 5.13 Å². The van der Waals surface area contributed by atoms with E-state index in [1.54, 1.807) is 0 Å². The van der Waals surface area contributed by atoms with Gasteiger partial charge in [0.1, 0.15) is 6.33 Å². The molecule has 1 aromatic rings. The van der Waals surface area contributed by atoms with Gasteiger partial charge in [0.15, 0.2) is 0 Å². The smallest absolute Gasteiger partial charge is 0.202 e. The van der Waals surface area contributed by atoms with Crippen molar-refractivity contribution in [2.75, 3.05) is 11.9 Å². The van der Waals surface area contributed by atoms with E-state index in [2.05, 4.69) is 14.7 Å². The number of hydrogen-bond acceptors (Lipinski definition) is 5. The summed E-state index contributed by atoms with van der Waals surface area (Å²) in [6, 6.07) is 0. The van der Waals surface area contributed by atoms with Crippen LogP contribution in [0.15, 0.2) is 6.33 Å². The third-order valence-electron chi connectivity index (χ3n) is 2.96. The SMILES string of the molecule is OC1(CNc2ncns2)CCCCCC1. The molecule has 1 aliphatic rings. The first-order chi connectivity index (χ1) is 7.29. The lowest BCUT2D eigenvalue weighted by Crippen LogP contribution is -2.36. The summed E-state index contributed by atoms with van der Waals surface area (Å²) in [6.45, 7) is 0.599. The van der Waals surface area contributed by atoms with Crippen molar-refractivity contribution >= 4 is 16.7 Å². The fraction of sp³-hybridized carbons (Fsp3) is 0.800. The summed E-state index contributed by atoms with van der Waals surface area (Å²) in [4.78, 5) is 4.04. The summed E-state index contributed by atoms with van der Waals surface area (Å²) in [6.07, 6.45) is 8.10. The van der Waals surface area contributed by atoms with Crippen LogP contribution in [0, 0.1) is 0 Å². The first-order valence-corrected chi connectivity index (χ1v) is 6.29. The van der Waals surface area contributed by atoms with E-state index < -0.39 is 5.60 Å². The Morgan fingerprint density at radius 3 is 2.67 bits per heavy atom. The standard InChI is InChI=1S/C10H17N3OS/c14-10(5-3-1-2-4-6-10)7-11-9-12-8-13-15-9/h8,14H,1-7H2,(H,11,12,13). The lowest BCUT2D eigenvalue weighted by Gasteiger charge is -2.26. The van der Waals surface area contributed by atoms with E-state index in [1.807, 2.05) is 0 Å². The Morgan fingerprint density at radius 1 is 1.33 bits per heavy atom. The molecule has 1 aliphatic carbocycles. The normalized spacial score (nSPS) is 20.9. The van der Waals surface area contributed by atoms with Crippen molar-refractivity contribution in [3.63, 3.8) is 0 Å². The molecule has 15 heavy (non-hydrogen) atoms. The Morgan fingerprint density at radius 2 is 2.07 bits per heavy atom. The molecule has 1 saturated carbocycles. The van der Waals surface area contributed by atoms with Gasteiger partial charge in [-0.05, 0) is 12.8 Å². The Labute approximate surface area is 93.9 Å². The minimum atomic E-state index is -0.540. The molecule has 0 unspecified atom stereocenters. The third kappa shape index (κ3) is 3.14. The van der Waals surface area contributed by atoms with Crippen LogP contribution in [-0.2, 0) is 0 Å². The second kappa shape index (κ2) is 4.90. The van der Waals surface area contributed by atoms with Gasteiger partial charge in [-0.15, -0.1) is 0 Å². The summed E-state index contributed by atoms with van der Waals surface area (Å²) >= 11 is 1.33. The average molecular weight is 227 g/mol. The van der Waals surface area contributed by atoms with E-state index >= 15 is 0 Å². The molecular weight excluding hydrogens is 210 g/mol. The van der Waals surface area contributed by atoms with Gasteiger partial charge in [-0.2, -0.15) is 4.37 Å². The maximum absolute atomic E-state index is 10.3. The molecule has 0 aliphatic heterocycles. The zero-order chi connectivity index (χ0) is 10.6. The van der Waals surface area contributed by atoms with E-state index in [1.165, 1.54) is 30.7 Å². The molecule has 84 valence electrons. The zero-order valence-corrected chi connectivity index (χ0v) is 9.59. The van der Waals surface area contributed by atoms with Crippen molar-refractivity contribution in [1.29, 1.82) is 0 Å². The molecule has 0 amide bonds. The molecule has 0 spiro atoms. The van der Waals surface area contributed by atoms with Crippen molar-refractivity contribution in [1.82, 2.24) is 9.36 Å². The van der Waals surface area contributed by atoms with Crippen molar-refractivity contribution in [3.8, 4) is 0 Å². The first kappa shape index (κ1) is 10.8. The molecular formula is C10H17N3OS. The molecule has 2 N–H and O–H groups in total. The van der Waals surface area contributed by atoms with Crippen LogP contribution in [0.5, 0.6) is 0 Å². The van der Waals surface area contributed by atoms with Crippen LogP contribution in [-0.4, -0.2) is 26.6 Å². The maximum atomic E-state index is 10.3. The summed E-state index contributed by atoms with van der Waals surface area (Å²) in [5.41, 5.74) is -0.540. The molecule has 1 fully saturated rings. The predicted octanol–water partition coefficient (Wildman–Crippen LogP) is 2.04. The molecule has 0 bridgehead atoms. The molecule has 0 atom stereocenters. The van der Waals surface area contributed by atoms with Gasteiger partial charge in [-0.3, -0.25) is 0 Å². The van der Waals surface area contributed by atoms with Gasteiger partial charge < -0.3 is 10.4 Å². The van der Waals surface area contributed by atoms with Crippen molar-refractivity contribution < 1.29 is 5.11 Å². The molecule has 1 aromatic heterocycles. The highest BCUT2D eigenvalue weighted by Crippen LogP contribution is 2.27. The van der Waals surface area contributed by atoms with Gasteiger partial charge in [0.25, 0.3) is 0 Å². The second-order valence-electron chi connectivity index (χ2n) is 4.24. The van der Waals surface area contributed by atoms with E-state index in [0.717, 1.165) is 30.8 Å². The number of hydrogen-bond donors (Lipinski definition) is 2. The molecule has 1 heterocycles. The Balaban J connectivity index is 1.86. The Bertz CT molecular complexity index is 281. The number of aromatic nitrogens is 2. The highest BCUT2D eigenvalue weighted by molar-refractivity contribution is 7.09. The fourth-order valence-corrected chi connectivity index (χ4v) is 2.48.